The Morgan fingerprint density at radius 3 is 2.41 bits per heavy atom. The van der Waals surface area contributed by atoms with Gasteiger partial charge >= 0.3 is 0 Å². The van der Waals surface area contributed by atoms with E-state index in [2.05, 4.69) is 18.8 Å². The first kappa shape index (κ1) is 23.7. The summed E-state index contributed by atoms with van der Waals surface area (Å²) in [5, 5.41) is 3.78. The molecule has 2 heterocycles. The number of rotatable bonds is 6. The maximum atomic E-state index is 13.4. The zero-order valence-corrected chi connectivity index (χ0v) is 19.5. The summed E-state index contributed by atoms with van der Waals surface area (Å²) < 4.78 is 1.81. The van der Waals surface area contributed by atoms with Crippen molar-refractivity contribution in [2.24, 2.45) is 17.4 Å². The van der Waals surface area contributed by atoms with Crippen LogP contribution in [0.5, 0.6) is 0 Å². The molecule has 1 amide bonds. The van der Waals surface area contributed by atoms with Gasteiger partial charge in [-0.1, -0.05) is 50.2 Å². The first-order valence-electron chi connectivity index (χ1n) is 10.1. The number of amides is 1. The van der Waals surface area contributed by atoms with E-state index in [0.29, 0.717) is 22.9 Å². The molecule has 0 spiro atoms. The van der Waals surface area contributed by atoms with Crippen molar-refractivity contribution in [2.45, 2.75) is 26.9 Å². The number of hydrogen-bond acceptors (Lipinski definition) is 5. The quantitative estimate of drug-likeness (QED) is 0.436. The molecule has 0 saturated heterocycles. The number of primary amides is 1. The van der Waals surface area contributed by atoms with Crippen LogP contribution >= 0.6 is 23.7 Å². The number of fused-ring (bicyclic) bond motifs is 1. The molecule has 4 aromatic rings. The topological polar surface area (TPSA) is 104 Å². The Morgan fingerprint density at radius 1 is 1.09 bits per heavy atom. The SMILES string of the molecule is CC(C)Cn1c(CN)c(-c2ccccc2)c2cc(-c3nc(C(N)=O)cs3)ccc2c1=O.Cl. The lowest BCUT2D eigenvalue weighted by Gasteiger charge is -2.21. The molecule has 2 aromatic carbocycles. The van der Waals surface area contributed by atoms with E-state index in [1.54, 1.807) is 5.38 Å². The molecule has 0 aliphatic heterocycles. The number of benzene rings is 2. The van der Waals surface area contributed by atoms with Gasteiger partial charge in [0.05, 0.1) is 0 Å². The monoisotopic (exact) mass is 468 g/mol. The third kappa shape index (κ3) is 4.32. The minimum absolute atomic E-state index is 0. The van der Waals surface area contributed by atoms with Gasteiger partial charge in [-0.3, -0.25) is 9.59 Å². The number of nitrogens with zero attached hydrogens (tertiary/aromatic N) is 2. The van der Waals surface area contributed by atoms with Crippen LogP contribution in [0.15, 0.2) is 58.7 Å². The Morgan fingerprint density at radius 2 is 1.81 bits per heavy atom. The fourth-order valence-electron chi connectivity index (χ4n) is 3.85. The molecule has 0 radical (unpaired) electrons. The molecule has 0 fully saturated rings. The number of nitrogens with two attached hydrogens (primary N) is 2. The normalized spacial score (nSPS) is 11.0. The molecular formula is C24H25ClN4O2S. The molecule has 4 rings (SSSR count). The van der Waals surface area contributed by atoms with Crippen molar-refractivity contribution >= 4 is 40.4 Å². The van der Waals surface area contributed by atoms with Gasteiger partial charge in [-0.2, -0.15) is 0 Å². The molecule has 2 aromatic heterocycles. The second kappa shape index (κ2) is 9.65. The molecule has 0 unspecified atom stereocenters. The molecule has 32 heavy (non-hydrogen) atoms. The Balaban J connectivity index is 0.00000289. The summed E-state index contributed by atoms with van der Waals surface area (Å²) in [7, 11) is 0. The van der Waals surface area contributed by atoms with Crippen molar-refractivity contribution in [1.29, 1.82) is 0 Å². The summed E-state index contributed by atoms with van der Waals surface area (Å²) in [5.74, 6) is -0.263. The van der Waals surface area contributed by atoms with Crippen LogP contribution < -0.4 is 17.0 Å². The highest BCUT2D eigenvalue weighted by Gasteiger charge is 2.19. The van der Waals surface area contributed by atoms with E-state index in [1.165, 1.54) is 11.3 Å². The summed E-state index contributed by atoms with van der Waals surface area (Å²) >= 11 is 1.35. The van der Waals surface area contributed by atoms with Crippen LogP contribution in [0.4, 0.5) is 0 Å². The third-order valence-electron chi connectivity index (χ3n) is 5.19. The fraction of sp³-hybridized carbons (Fsp3) is 0.208. The average Bonchev–Trinajstić information content (AvgIpc) is 3.26. The molecule has 0 saturated carbocycles. The van der Waals surface area contributed by atoms with Crippen molar-refractivity contribution < 1.29 is 4.79 Å². The van der Waals surface area contributed by atoms with Crippen LogP contribution in [0.2, 0.25) is 0 Å². The van der Waals surface area contributed by atoms with E-state index in [4.69, 9.17) is 11.5 Å². The largest absolute Gasteiger partial charge is 0.364 e. The highest BCUT2D eigenvalue weighted by molar-refractivity contribution is 7.13. The third-order valence-corrected chi connectivity index (χ3v) is 6.08. The summed E-state index contributed by atoms with van der Waals surface area (Å²) in [6.45, 7) is 5.01. The number of carbonyl (C=O) groups excluding carboxylic acids is 1. The van der Waals surface area contributed by atoms with Crippen molar-refractivity contribution in [3.05, 3.63) is 75.7 Å². The highest BCUT2D eigenvalue weighted by Crippen LogP contribution is 2.34. The van der Waals surface area contributed by atoms with Gasteiger partial charge in [0.2, 0.25) is 0 Å². The molecule has 0 atom stereocenters. The van der Waals surface area contributed by atoms with Gasteiger partial charge < -0.3 is 16.0 Å². The van der Waals surface area contributed by atoms with Gasteiger partial charge in [0, 0.05) is 40.7 Å². The molecule has 8 heteroatoms. The predicted molar refractivity (Wildman–Crippen MR) is 133 cm³/mol. The number of thiazole rings is 1. The van der Waals surface area contributed by atoms with Crippen LogP contribution in [0, 0.1) is 5.92 Å². The summed E-state index contributed by atoms with van der Waals surface area (Å²) in [4.78, 5) is 29.2. The molecular weight excluding hydrogens is 444 g/mol. The van der Waals surface area contributed by atoms with E-state index in [9.17, 15) is 9.59 Å². The first-order valence-corrected chi connectivity index (χ1v) is 11.0. The lowest BCUT2D eigenvalue weighted by molar-refractivity contribution is 0.0996. The van der Waals surface area contributed by atoms with E-state index < -0.39 is 5.91 Å². The van der Waals surface area contributed by atoms with Crippen LogP contribution in [0.25, 0.3) is 32.5 Å². The second-order valence-electron chi connectivity index (χ2n) is 7.86. The molecule has 0 bridgehead atoms. The number of pyridine rings is 1. The van der Waals surface area contributed by atoms with E-state index >= 15 is 0 Å². The maximum Gasteiger partial charge on any atom is 0.268 e. The number of carbonyl (C=O) groups is 1. The van der Waals surface area contributed by atoms with Crippen LogP contribution in [0.3, 0.4) is 0 Å². The molecule has 0 aliphatic rings. The van der Waals surface area contributed by atoms with Gasteiger partial charge in [0.1, 0.15) is 10.7 Å². The molecule has 166 valence electrons. The fourth-order valence-corrected chi connectivity index (χ4v) is 4.65. The smallest absolute Gasteiger partial charge is 0.268 e. The summed E-state index contributed by atoms with van der Waals surface area (Å²) in [5.41, 5.74) is 15.3. The van der Waals surface area contributed by atoms with Crippen molar-refractivity contribution in [3.8, 4) is 21.7 Å². The molecule has 6 nitrogen and oxygen atoms in total. The van der Waals surface area contributed by atoms with Crippen LogP contribution in [-0.2, 0) is 13.1 Å². The minimum atomic E-state index is -0.560. The predicted octanol–water partition coefficient (Wildman–Crippen LogP) is 4.43. The van der Waals surface area contributed by atoms with E-state index in [0.717, 1.165) is 27.8 Å². The number of halogens is 1. The van der Waals surface area contributed by atoms with Gasteiger partial charge in [-0.15, -0.1) is 23.7 Å². The second-order valence-corrected chi connectivity index (χ2v) is 8.72. The minimum Gasteiger partial charge on any atom is -0.364 e. The van der Waals surface area contributed by atoms with Crippen molar-refractivity contribution in [2.75, 3.05) is 0 Å². The van der Waals surface area contributed by atoms with Gasteiger partial charge in [0.25, 0.3) is 11.5 Å². The van der Waals surface area contributed by atoms with Crippen molar-refractivity contribution in [1.82, 2.24) is 9.55 Å². The summed E-state index contributed by atoms with van der Waals surface area (Å²) in [6, 6.07) is 15.6. The number of aromatic nitrogens is 2. The van der Waals surface area contributed by atoms with Crippen LogP contribution in [-0.4, -0.2) is 15.5 Å². The molecule has 4 N–H and O–H groups in total. The highest BCUT2D eigenvalue weighted by atomic mass is 35.5. The Labute approximate surface area is 196 Å². The van der Waals surface area contributed by atoms with Gasteiger partial charge in [-0.25, -0.2) is 4.98 Å². The standard InChI is InChI=1S/C24H24N4O2S.ClH/c1-14(2)12-28-20(11-25)21(15-6-4-3-5-7-15)18-10-16(8-9-17(18)24(28)30)23-27-19(13-31-23)22(26)29;/h3-10,13-14H,11-12,25H2,1-2H3,(H2,26,29);1H. The lowest BCUT2D eigenvalue weighted by atomic mass is 9.95. The Hall–Kier alpha value is -3.00. The zero-order valence-electron chi connectivity index (χ0n) is 17.9. The number of hydrogen-bond donors (Lipinski definition) is 2. The maximum absolute atomic E-state index is 13.4. The first-order chi connectivity index (χ1) is 14.9. The van der Waals surface area contributed by atoms with Gasteiger partial charge in [0.15, 0.2) is 0 Å². The van der Waals surface area contributed by atoms with Crippen molar-refractivity contribution in [3.63, 3.8) is 0 Å². The average molecular weight is 469 g/mol. The lowest BCUT2D eigenvalue weighted by Crippen LogP contribution is -2.28. The van der Waals surface area contributed by atoms with Crippen LogP contribution in [0.1, 0.15) is 30.0 Å². The molecule has 0 aliphatic carbocycles. The van der Waals surface area contributed by atoms with Gasteiger partial charge in [-0.05, 0) is 29.0 Å². The Kier molecular flexibility index (Phi) is 7.13. The zero-order chi connectivity index (χ0) is 22.1. The Bertz CT molecular complexity index is 1330. The summed E-state index contributed by atoms with van der Waals surface area (Å²) in [6.07, 6.45) is 0. The van der Waals surface area contributed by atoms with E-state index in [-0.39, 0.29) is 30.2 Å². The van der Waals surface area contributed by atoms with E-state index in [1.807, 2.05) is 53.1 Å².